The zero-order valence-electron chi connectivity index (χ0n) is 41.5. The lowest BCUT2D eigenvalue weighted by atomic mass is 9.47. The van der Waals surface area contributed by atoms with E-state index in [-0.39, 0.29) is 17.3 Å². The molecule has 368 valence electrons. The number of benzene rings is 4. The summed E-state index contributed by atoms with van der Waals surface area (Å²) in [7, 11) is 0. The molecule has 16 atom stereocenters. The van der Waals surface area contributed by atoms with Crippen molar-refractivity contribution in [1.82, 2.24) is 0 Å². The Kier molecular flexibility index (Phi) is 14.1. The molecule has 4 aliphatic carbocycles. The van der Waals surface area contributed by atoms with Gasteiger partial charge in [-0.1, -0.05) is 161 Å². The standard InChI is InChI=1S/C61H76O8/c1-41-27-32-61(66-35-41)42(2)54-52(69-61)34-51-49-26-25-47-33-48(28-30-59(47,3)50(49)29-31-60(51,54)4)67-58-57(65-39-46-23-15-8-16-24-46)56(64-38-45-21-13-7-14-22-45)55(63-37-44-19-11-6-12-20-44)53(68-58)40-62-36-43-17-9-5-10-18-43/h5-25,41-42,48-58H,26-40H2,1-4H3/t41-,42+,48+,49-,50+,51?,52?,53-,54+,55-,56+,57-,58+,59+,60+,61-/m1/s1. The summed E-state index contributed by atoms with van der Waals surface area (Å²) in [5.41, 5.74) is 6.37. The number of hydrogen-bond acceptors (Lipinski definition) is 8. The first-order valence-corrected chi connectivity index (χ1v) is 26.6. The fraction of sp³-hybridized carbons (Fsp3) is 0.574. The molecule has 7 aliphatic rings. The highest BCUT2D eigenvalue weighted by atomic mass is 16.7. The van der Waals surface area contributed by atoms with Crippen molar-refractivity contribution in [2.24, 2.45) is 46.3 Å². The van der Waals surface area contributed by atoms with E-state index in [1.165, 1.54) is 25.7 Å². The minimum Gasteiger partial charge on any atom is -0.374 e. The second kappa shape index (κ2) is 20.4. The Morgan fingerprint density at radius 1 is 0.623 bits per heavy atom. The van der Waals surface area contributed by atoms with Gasteiger partial charge in [-0.3, -0.25) is 0 Å². The van der Waals surface area contributed by atoms with Crippen molar-refractivity contribution in [3.63, 3.8) is 0 Å². The fourth-order valence-electron chi connectivity index (χ4n) is 14.8. The fourth-order valence-corrected chi connectivity index (χ4v) is 14.8. The van der Waals surface area contributed by atoms with Crippen LogP contribution in [0.4, 0.5) is 0 Å². The molecule has 4 aromatic carbocycles. The van der Waals surface area contributed by atoms with Crippen LogP contribution in [0.25, 0.3) is 0 Å². The Hall–Kier alpha value is -3.70. The Bertz CT molecular complexity index is 2300. The van der Waals surface area contributed by atoms with Gasteiger partial charge in [0.05, 0.1) is 51.8 Å². The van der Waals surface area contributed by atoms with E-state index in [9.17, 15) is 0 Å². The highest BCUT2D eigenvalue weighted by Gasteiger charge is 2.68. The van der Waals surface area contributed by atoms with Gasteiger partial charge in [-0.15, -0.1) is 0 Å². The van der Waals surface area contributed by atoms with Crippen LogP contribution in [0, 0.1) is 46.3 Å². The first kappa shape index (κ1) is 47.6. The van der Waals surface area contributed by atoms with Crippen molar-refractivity contribution in [3.05, 3.63) is 155 Å². The smallest absolute Gasteiger partial charge is 0.187 e. The van der Waals surface area contributed by atoms with Crippen LogP contribution < -0.4 is 0 Å². The van der Waals surface area contributed by atoms with E-state index in [0.717, 1.165) is 61.0 Å². The van der Waals surface area contributed by atoms with Crippen molar-refractivity contribution < 1.29 is 37.9 Å². The van der Waals surface area contributed by atoms with Crippen molar-refractivity contribution in [1.29, 1.82) is 0 Å². The van der Waals surface area contributed by atoms with Crippen molar-refractivity contribution in [3.8, 4) is 0 Å². The number of ether oxygens (including phenoxy) is 8. The van der Waals surface area contributed by atoms with Crippen LogP contribution in [0.1, 0.15) is 108 Å². The third-order valence-corrected chi connectivity index (χ3v) is 18.5. The molecule has 8 heteroatoms. The van der Waals surface area contributed by atoms with Gasteiger partial charge in [0.25, 0.3) is 0 Å². The summed E-state index contributed by atoms with van der Waals surface area (Å²) in [6.45, 7) is 12.8. The SMILES string of the molecule is C[C@@H]1CC[C@@]2(OC1)OC1CC3[C@@H]4CC=C5C[C@@H](O[C@H]6O[C@H](COCc7ccccc7)[C@@H](OCc7ccccc7)[C@H](OCc7ccccc7)[C@H]6OCc6ccccc6)CC[C@]5(C)[C@H]4CC[C@]3(C)[C@H]1[C@@H]2C. The molecule has 0 aromatic heterocycles. The van der Waals surface area contributed by atoms with Gasteiger partial charge in [-0.25, -0.2) is 0 Å². The first-order valence-electron chi connectivity index (χ1n) is 26.6. The maximum atomic E-state index is 7.35. The summed E-state index contributed by atoms with van der Waals surface area (Å²) in [5, 5.41) is 0. The maximum Gasteiger partial charge on any atom is 0.187 e. The summed E-state index contributed by atoms with van der Waals surface area (Å²) in [6.07, 6.45) is 10.2. The molecule has 6 fully saturated rings. The average Bonchev–Trinajstić information content (AvgIpc) is 3.83. The van der Waals surface area contributed by atoms with E-state index in [2.05, 4.69) is 107 Å². The number of fused-ring (bicyclic) bond motifs is 7. The van der Waals surface area contributed by atoms with Crippen LogP contribution >= 0.6 is 0 Å². The highest BCUT2D eigenvalue weighted by molar-refractivity contribution is 5.27. The lowest BCUT2D eigenvalue weighted by molar-refractivity contribution is -0.337. The highest BCUT2D eigenvalue weighted by Crippen LogP contribution is 2.70. The number of rotatable bonds is 15. The van der Waals surface area contributed by atoms with Crippen LogP contribution in [0.15, 0.2) is 133 Å². The molecular weight excluding hydrogens is 861 g/mol. The normalized spacial score (nSPS) is 39.2. The summed E-state index contributed by atoms with van der Waals surface area (Å²) >= 11 is 0. The van der Waals surface area contributed by atoms with E-state index < -0.39 is 30.7 Å². The third kappa shape index (κ3) is 9.59. The van der Waals surface area contributed by atoms with Gasteiger partial charge in [-0.05, 0) is 114 Å². The third-order valence-electron chi connectivity index (χ3n) is 18.5. The van der Waals surface area contributed by atoms with E-state index >= 15 is 0 Å². The molecule has 3 heterocycles. The van der Waals surface area contributed by atoms with Crippen LogP contribution in [-0.2, 0) is 64.3 Å². The average molecular weight is 937 g/mol. The molecule has 2 unspecified atom stereocenters. The molecule has 3 saturated heterocycles. The molecule has 0 bridgehead atoms. The lowest BCUT2D eigenvalue weighted by Gasteiger charge is -2.58. The van der Waals surface area contributed by atoms with Gasteiger partial charge in [-0.2, -0.15) is 0 Å². The largest absolute Gasteiger partial charge is 0.374 e. The molecule has 4 aromatic rings. The molecular formula is C61H76O8. The lowest BCUT2D eigenvalue weighted by Crippen LogP contribution is -2.62. The zero-order valence-corrected chi connectivity index (χ0v) is 41.5. The topological polar surface area (TPSA) is 73.8 Å². The zero-order chi connectivity index (χ0) is 47.0. The minimum absolute atomic E-state index is 0.0282. The molecule has 8 nitrogen and oxygen atoms in total. The van der Waals surface area contributed by atoms with Gasteiger partial charge in [0.2, 0.25) is 0 Å². The van der Waals surface area contributed by atoms with Crippen molar-refractivity contribution in [2.75, 3.05) is 13.2 Å². The summed E-state index contributed by atoms with van der Waals surface area (Å²) in [6, 6.07) is 41.4. The molecule has 3 saturated carbocycles. The Morgan fingerprint density at radius 2 is 1.22 bits per heavy atom. The molecule has 0 amide bonds. The van der Waals surface area contributed by atoms with E-state index in [1.807, 2.05) is 48.5 Å². The summed E-state index contributed by atoms with van der Waals surface area (Å²) in [5.74, 6) is 3.29. The van der Waals surface area contributed by atoms with Gasteiger partial charge in [0.15, 0.2) is 12.1 Å². The molecule has 3 aliphatic heterocycles. The van der Waals surface area contributed by atoms with Gasteiger partial charge >= 0.3 is 0 Å². The van der Waals surface area contributed by atoms with Gasteiger partial charge in [0.1, 0.15) is 24.4 Å². The molecule has 69 heavy (non-hydrogen) atoms. The van der Waals surface area contributed by atoms with Gasteiger partial charge in [0, 0.05) is 12.3 Å². The van der Waals surface area contributed by atoms with E-state index in [1.54, 1.807) is 5.57 Å². The van der Waals surface area contributed by atoms with E-state index in [0.29, 0.717) is 80.1 Å². The second-order valence-electron chi connectivity index (χ2n) is 22.6. The van der Waals surface area contributed by atoms with Crippen LogP contribution in [0.2, 0.25) is 0 Å². The van der Waals surface area contributed by atoms with Crippen molar-refractivity contribution >= 4 is 0 Å². The minimum atomic E-state index is -0.711. The first-order chi connectivity index (χ1) is 33.7. The molecule has 11 rings (SSSR count). The van der Waals surface area contributed by atoms with Crippen LogP contribution in [0.3, 0.4) is 0 Å². The summed E-state index contributed by atoms with van der Waals surface area (Å²) < 4.78 is 55.9. The predicted molar refractivity (Wildman–Crippen MR) is 266 cm³/mol. The quantitative estimate of drug-likeness (QED) is 0.109. The number of hydrogen-bond donors (Lipinski definition) is 0. The second-order valence-corrected chi connectivity index (χ2v) is 22.6. The Balaban J connectivity index is 0.849. The predicted octanol–water partition coefficient (Wildman–Crippen LogP) is 12.4. The summed E-state index contributed by atoms with van der Waals surface area (Å²) in [4.78, 5) is 0. The van der Waals surface area contributed by atoms with Crippen molar-refractivity contribution in [2.45, 2.75) is 161 Å². The van der Waals surface area contributed by atoms with E-state index in [4.69, 9.17) is 37.9 Å². The van der Waals surface area contributed by atoms with Crippen LogP contribution in [0.5, 0.6) is 0 Å². The molecule has 0 N–H and O–H groups in total. The number of allylic oxidation sites excluding steroid dienone is 1. The maximum absolute atomic E-state index is 7.35. The molecule has 0 radical (unpaired) electrons. The van der Waals surface area contributed by atoms with Gasteiger partial charge < -0.3 is 37.9 Å². The molecule has 1 spiro atoms. The Labute approximate surface area is 411 Å². The Morgan fingerprint density at radius 3 is 1.83 bits per heavy atom. The van der Waals surface area contributed by atoms with Crippen LogP contribution in [-0.4, -0.2) is 61.9 Å². The monoisotopic (exact) mass is 937 g/mol.